The van der Waals surface area contributed by atoms with E-state index < -0.39 is 0 Å². The minimum absolute atomic E-state index is 0.0502. The van der Waals surface area contributed by atoms with Gasteiger partial charge in [0.1, 0.15) is 5.75 Å². The first-order chi connectivity index (χ1) is 14.2. The zero-order valence-electron chi connectivity index (χ0n) is 16.7. The Morgan fingerprint density at radius 1 is 0.793 bits per heavy atom. The third-order valence-electron chi connectivity index (χ3n) is 5.30. The number of carbonyl (C=O) groups excluding carboxylic acids is 1. The van der Waals surface area contributed by atoms with Crippen LogP contribution in [0.1, 0.15) is 17.0 Å². The van der Waals surface area contributed by atoms with Gasteiger partial charge >= 0.3 is 0 Å². The van der Waals surface area contributed by atoms with Gasteiger partial charge < -0.3 is 14.2 Å². The monoisotopic (exact) mass is 389 g/mol. The molecule has 0 bridgehead atoms. The lowest BCUT2D eigenvalue weighted by Crippen LogP contribution is -2.24. The van der Waals surface area contributed by atoms with Gasteiger partial charge in [-0.25, -0.2) is 0 Å². The van der Waals surface area contributed by atoms with E-state index in [1.807, 2.05) is 60.7 Å². The number of amides is 1. The maximum atomic E-state index is 13.5. The fraction of sp³-hybridized carbons (Fsp3) is 0.208. The van der Waals surface area contributed by atoms with Gasteiger partial charge in [-0.2, -0.15) is 0 Å². The molecule has 1 amide bonds. The average molecular weight is 389 g/mol. The summed E-state index contributed by atoms with van der Waals surface area (Å²) < 4.78 is 16.4. The average Bonchev–Trinajstić information content (AvgIpc) is 3.05. The smallest absolute Gasteiger partial charge is 0.239 e. The highest BCUT2D eigenvalue weighted by Gasteiger charge is 2.38. The second-order valence-electron chi connectivity index (χ2n) is 6.84. The molecule has 0 radical (unpaired) electrons. The molecule has 5 heteroatoms. The maximum absolute atomic E-state index is 13.5. The van der Waals surface area contributed by atoms with E-state index in [1.54, 1.807) is 32.3 Å². The van der Waals surface area contributed by atoms with Crippen molar-refractivity contribution in [1.29, 1.82) is 0 Å². The highest BCUT2D eigenvalue weighted by molar-refractivity contribution is 6.10. The molecule has 1 aliphatic rings. The van der Waals surface area contributed by atoms with E-state index in [1.165, 1.54) is 0 Å². The molecule has 1 unspecified atom stereocenters. The Morgan fingerprint density at radius 2 is 1.41 bits per heavy atom. The minimum Gasteiger partial charge on any atom is -0.496 e. The topological polar surface area (TPSA) is 48.0 Å². The molecule has 0 fully saturated rings. The van der Waals surface area contributed by atoms with E-state index in [9.17, 15) is 4.79 Å². The predicted octanol–water partition coefficient (Wildman–Crippen LogP) is 4.72. The molecule has 1 aliphatic heterocycles. The predicted molar refractivity (Wildman–Crippen MR) is 113 cm³/mol. The van der Waals surface area contributed by atoms with Crippen LogP contribution in [0.3, 0.4) is 0 Å². The Hall–Kier alpha value is -3.47. The Kier molecular flexibility index (Phi) is 5.12. The number of benzene rings is 3. The number of methoxy groups -OCH3 is 3. The number of anilines is 2. The second kappa shape index (κ2) is 7.87. The summed E-state index contributed by atoms with van der Waals surface area (Å²) in [5, 5.41) is 0. The highest BCUT2D eigenvalue weighted by Crippen LogP contribution is 2.45. The van der Waals surface area contributed by atoms with Gasteiger partial charge in [-0.3, -0.25) is 9.69 Å². The number of hydrogen-bond donors (Lipinski definition) is 0. The minimum atomic E-state index is -0.307. The molecule has 3 aromatic rings. The van der Waals surface area contributed by atoms with Crippen LogP contribution in [0.5, 0.6) is 17.2 Å². The summed E-state index contributed by atoms with van der Waals surface area (Å²) in [5.41, 5.74) is 3.70. The molecular formula is C24H23NO4. The zero-order chi connectivity index (χ0) is 20.4. The van der Waals surface area contributed by atoms with Crippen molar-refractivity contribution >= 4 is 17.3 Å². The molecule has 5 nitrogen and oxygen atoms in total. The van der Waals surface area contributed by atoms with Crippen molar-refractivity contribution in [3.8, 4) is 17.2 Å². The summed E-state index contributed by atoms with van der Waals surface area (Å²) in [6.07, 6.45) is 0.503. The van der Waals surface area contributed by atoms with Gasteiger partial charge in [0.25, 0.3) is 0 Å². The van der Waals surface area contributed by atoms with E-state index in [4.69, 9.17) is 14.2 Å². The Balaban J connectivity index is 1.76. The largest absolute Gasteiger partial charge is 0.496 e. The Labute approximate surface area is 170 Å². The fourth-order valence-corrected chi connectivity index (χ4v) is 3.91. The summed E-state index contributed by atoms with van der Waals surface area (Å²) >= 11 is 0. The lowest BCUT2D eigenvalue weighted by Gasteiger charge is -2.19. The van der Waals surface area contributed by atoms with E-state index in [2.05, 4.69) is 0 Å². The molecule has 29 heavy (non-hydrogen) atoms. The number of nitrogens with zero attached hydrogens (tertiary/aromatic N) is 1. The molecule has 4 rings (SSSR count). The third kappa shape index (κ3) is 3.29. The zero-order valence-corrected chi connectivity index (χ0v) is 16.7. The molecule has 0 N–H and O–H groups in total. The third-order valence-corrected chi connectivity index (χ3v) is 5.30. The number of hydrogen-bond acceptors (Lipinski definition) is 4. The number of para-hydroxylation sites is 2. The summed E-state index contributed by atoms with van der Waals surface area (Å²) in [6, 6.07) is 21.4. The quantitative estimate of drug-likeness (QED) is 0.612. The van der Waals surface area contributed by atoms with Crippen molar-refractivity contribution in [3.63, 3.8) is 0 Å². The highest BCUT2D eigenvalue weighted by atomic mass is 16.5. The Bertz CT molecular complexity index is 1030. The number of carbonyl (C=O) groups is 1. The second-order valence-corrected chi connectivity index (χ2v) is 6.84. The van der Waals surface area contributed by atoms with E-state index in [0.29, 0.717) is 23.7 Å². The first-order valence-electron chi connectivity index (χ1n) is 9.44. The molecule has 148 valence electrons. The van der Waals surface area contributed by atoms with E-state index in [-0.39, 0.29) is 11.8 Å². The first-order valence-corrected chi connectivity index (χ1v) is 9.44. The molecule has 0 aliphatic carbocycles. The van der Waals surface area contributed by atoms with Gasteiger partial charge in [0.15, 0.2) is 11.5 Å². The number of rotatable bonds is 6. The number of fused-ring (bicyclic) bond motifs is 1. The number of ether oxygens (including phenoxy) is 3. The van der Waals surface area contributed by atoms with Crippen molar-refractivity contribution in [2.45, 2.75) is 12.3 Å². The van der Waals surface area contributed by atoms with Gasteiger partial charge in [0.2, 0.25) is 5.91 Å². The van der Waals surface area contributed by atoms with Crippen LogP contribution in [0.15, 0.2) is 66.7 Å². The normalized spacial score (nSPS) is 15.2. The van der Waals surface area contributed by atoms with Gasteiger partial charge in [-0.05, 0) is 41.8 Å². The molecule has 1 atom stereocenters. The van der Waals surface area contributed by atoms with E-state index >= 15 is 0 Å². The molecule has 0 saturated carbocycles. The molecular weight excluding hydrogens is 366 g/mol. The van der Waals surface area contributed by atoms with E-state index in [0.717, 1.165) is 22.5 Å². The standard InChI is InChI=1S/C24H23NO4/c1-27-21-15-23(29-3)22(28-2)14-16(21)13-19-18-11-7-8-12-20(18)25(24(19)26)17-9-5-4-6-10-17/h4-12,14-15,19H,13H2,1-3H3. The lowest BCUT2D eigenvalue weighted by molar-refractivity contribution is -0.118. The Morgan fingerprint density at radius 3 is 2.10 bits per heavy atom. The van der Waals surface area contributed by atoms with Gasteiger partial charge in [-0.1, -0.05) is 36.4 Å². The SMILES string of the molecule is COc1cc(OC)c(OC)cc1CC1C(=O)N(c2ccccc2)c2ccccc21. The molecule has 1 heterocycles. The van der Waals surface area contributed by atoms with Crippen molar-refractivity contribution in [3.05, 3.63) is 77.9 Å². The maximum Gasteiger partial charge on any atom is 0.239 e. The van der Waals surface area contributed by atoms with Crippen LogP contribution < -0.4 is 19.1 Å². The molecule has 0 aromatic heterocycles. The van der Waals surface area contributed by atoms with Crippen molar-refractivity contribution in [2.24, 2.45) is 0 Å². The summed E-state index contributed by atoms with van der Waals surface area (Å²) in [7, 11) is 4.80. The summed E-state index contributed by atoms with van der Waals surface area (Å²) in [4.78, 5) is 15.3. The van der Waals surface area contributed by atoms with Crippen molar-refractivity contribution in [1.82, 2.24) is 0 Å². The summed E-state index contributed by atoms with van der Waals surface area (Å²) in [6.45, 7) is 0. The van der Waals surface area contributed by atoms with Crippen molar-refractivity contribution < 1.29 is 19.0 Å². The first kappa shape index (κ1) is 18.9. The lowest BCUT2D eigenvalue weighted by atomic mass is 9.92. The van der Waals surface area contributed by atoms with Crippen LogP contribution in [0.4, 0.5) is 11.4 Å². The van der Waals surface area contributed by atoms with Crippen LogP contribution in [0.2, 0.25) is 0 Å². The van der Waals surface area contributed by atoms with Crippen LogP contribution in [-0.4, -0.2) is 27.2 Å². The molecule has 0 spiro atoms. The van der Waals surface area contributed by atoms with Crippen LogP contribution >= 0.6 is 0 Å². The summed E-state index contributed by atoms with van der Waals surface area (Å²) in [5.74, 6) is 1.62. The van der Waals surface area contributed by atoms with Gasteiger partial charge in [0.05, 0.1) is 32.9 Å². The van der Waals surface area contributed by atoms with Gasteiger partial charge in [0, 0.05) is 11.8 Å². The van der Waals surface area contributed by atoms with Crippen LogP contribution in [0, 0.1) is 0 Å². The van der Waals surface area contributed by atoms with Crippen LogP contribution in [0.25, 0.3) is 0 Å². The van der Waals surface area contributed by atoms with Gasteiger partial charge in [-0.15, -0.1) is 0 Å². The molecule has 0 saturated heterocycles. The fourth-order valence-electron chi connectivity index (χ4n) is 3.91. The van der Waals surface area contributed by atoms with Crippen LogP contribution in [-0.2, 0) is 11.2 Å². The van der Waals surface area contributed by atoms with Crippen molar-refractivity contribution in [2.75, 3.05) is 26.2 Å². The molecule has 3 aromatic carbocycles.